The Balaban J connectivity index is 1.57. The number of rotatable bonds is 6. The Hall–Kier alpha value is -2.17. The molecule has 5 heteroatoms. The maximum atomic E-state index is 13.4. The highest BCUT2D eigenvalue weighted by Gasteiger charge is 2.34. The summed E-state index contributed by atoms with van der Waals surface area (Å²) in [6.45, 7) is 3.48. The van der Waals surface area contributed by atoms with Gasteiger partial charge in [0.1, 0.15) is 0 Å². The molecule has 4 rings (SSSR count). The minimum absolute atomic E-state index is 0.0771. The van der Waals surface area contributed by atoms with E-state index in [9.17, 15) is 4.79 Å². The highest BCUT2D eigenvalue weighted by atomic mass is 35.5. The van der Waals surface area contributed by atoms with Crippen LogP contribution in [0.4, 0.5) is 0 Å². The molecule has 2 aromatic rings. The molecule has 1 atom stereocenters. The van der Waals surface area contributed by atoms with Gasteiger partial charge >= 0.3 is 0 Å². The average molecular weight is 424 g/mol. The fourth-order valence-corrected chi connectivity index (χ4v) is 4.81. The van der Waals surface area contributed by atoms with E-state index in [0.717, 1.165) is 23.4 Å². The highest BCUT2D eigenvalue weighted by molar-refractivity contribution is 6.30. The molecule has 0 N–H and O–H groups in total. The predicted octanol–water partition coefficient (Wildman–Crippen LogP) is 5.67. The van der Waals surface area contributed by atoms with Gasteiger partial charge in [-0.2, -0.15) is 5.10 Å². The maximum Gasteiger partial charge on any atom is 0.257 e. The highest BCUT2D eigenvalue weighted by Crippen LogP contribution is 2.34. The van der Waals surface area contributed by atoms with Crippen molar-refractivity contribution in [3.63, 3.8) is 0 Å². The lowest BCUT2D eigenvalue weighted by Crippen LogP contribution is -2.44. The quantitative estimate of drug-likeness (QED) is 0.599. The molecule has 1 aliphatic carbocycles. The zero-order chi connectivity index (χ0) is 20.9. The van der Waals surface area contributed by atoms with Gasteiger partial charge in [-0.05, 0) is 42.6 Å². The van der Waals surface area contributed by atoms with Gasteiger partial charge < -0.3 is 0 Å². The van der Waals surface area contributed by atoms with Crippen molar-refractivity contribution in [3.8, 4) is 0 Å². The van der Waals surface area contributed by atoms with Crippen LogP contribution in [0.15, 0.2) is 59.7 Å². The van der Waals surface area contributed by atoms with Crippen molar-refractivity contribution in [3.05, 3.63) is 70.7 Å². The van der Waals surface area contributed by atoms with E-state index in [2.05, 4.69) is 24.0 Å². The molecule has 158 valence electrons. The molecule has 1 fully saturated rings. The molecular weight excluding hydrogens is 394 g/mol. The van der Waals surface area contributed by atoms with E-state index in [1.807, 2.05) is 42.5 Å². The monoisotopic (exact) mass is 423 g/mol. The summed E-state index contributed by atoms with van der Waals surface area (Å²) in [5.41, 5.74) is 3.11. The third kappa shape index (κ3) is 4.76. The van der Waals surface area contributed by atoms with Crippen LogP contribution in [-0.2, 0) is 4.79 Å². The molecule has 1 aliphatic heterocycles. The third-order valence-electron chi connectivity index (χ3n) is 6.36. The Bertz CT molecular complexity index is 875. The normalized spacial score (nSPS) is 19.9. The van der Waals surface area contributed by atoms with E-state index in [0.29, 0.717) is 24.0 Å². The number of nitrogens with zero attached hydrogens (tertiary/aromatic N) is 3. The number of hydrogen-bond donors (Lipinski definition) is 0. The Kier molecular flexibility index (Phi) is 6.86. The average Bonchev–Trinajstić information content (AvgIpc) is 3.25. The van der Waals surface area contributed by atoms with Crippen molar-refractivity contribution in [1.29, 1.82) is 0 Å². The summed E-state index contributed by atoms with van der Waals surface area (Å²) >= 11 is 6.10. The molecule has 0 bridgehead atoms. The summed E-state index contributed by atoms with van der Waals surface area (Å²) in [7, 11) is 0. The first-order valence-electron chi connectivity index (χ1n) is 11.1. The first-order chi connectivity index (χ1) is 14.7. The van der Waals surface area contributed by atoms with E-state index < -0.39 is 0 Å². The SMILES string of the molecule is CCN(CC(=O)N1N=C(c2ccccc2)CC1c1ccc(Cl)cc1)C1CCCCC1. The molecule has 4 nitrogen and oxygen atoms in total. The second-order valence-electron chi connectivity index (χ2n) is 8.28. The Morgan fingerprint density at radius 1 is 1.07 bits per heavy atom. The van der Waals surface area contributed by atoms with Gasteiger partial charge in [-0.1, -0.05) is 80.3 Å². The number of carbonyl (C=O) groups is 1. The number of carbonyl (C=O) groups excluding carboxylic acids is 1. The first kappa shape index (κ1) is 21.1. The second-order valence-corrected chi connectivity index (χ2v) is 8.71. The van der Waals surface area contributed by atoms with Gasteiger partial charge in [-0.15, -0.1) is 0 Å². The van der Waals surface area contributed by atoms with Crippen LogP contribution < -0.4 is 0 Å². The lowest BCUT2D eigenvalue weighted by Gasteiger charge is -2.34. The smallest absolute Gasteiger partial charge is 0.257 e. The van der Waals surface area contributed by atoms with Crippen LogP contribution in [0.3, 0.4) is 0 Å². The van der Waals surface area contributed by atoms with Crippen molar-refractivity contribution in [2.24, 2.45) is 5.10 Å². The lowest BCUT2D eigenvalue weighted by molar-refractivity contribution is -0.135. The predicted molar refractivity (Wildman–Crippen MR) is 123 cm³/mol. The van der Waals surface area contributed by atoms with Gasteiger partial charge in [0, 0.05) is 17.5 Å². The van der Waals surface area contributed by atoms with Crippen LogP contribution in [-0.4, -0.2) is 40.7 Å². The molecule has 1 amide bonds. The zero-order valence-corrected chi connectivity index (χ0v) is 18.4. The molecule has 1 unspecified atom stereocenters. The third-order valence-corrected chi connectivity index (χ3v) is 6.62. The van der Waals surface area contributed by atoms with Gasteiger partial charge in [0.25, 0.3) is 5.91 Å². The number of likely N-dealkylation sites (N-methyl/N-ethyl adjacent to an activating group) is 1. The molecular formula is C25H30ClN3O. The molecule has 2 aromatic carbocycles. The fraction of sp³-hybridized carbons (Fsp3) is 0.440. The molecule has 1 heterocycles. The minimum atomic E-state index is -0.0879. The fourth-order valence-electron chi connectivity index (χ4n) is 4.68. The summed E-state index contributed by atoms with van der Waals surface area (Å²) in [5.74, 6) is 0.0771. The van der Waals surface area contributed by atoms with Crippen LogP contribution in [0.25, 0.3) is 0 Å². The van der Waals surface area contributed by atoms with Crippen LogP contribution >= 0.6 is 11.6 Å². The number of amides is 1. The molecule has 0 saturated heterocycles. The first-order valence-corrected chi connectivity index (χ1v) is 11.5. The number of hydrogen-bond acceptors (Lipinski definition) is 3. The largest absolute Gasteiger partial charge is 0.292 e. The molecule has 0 aromatic heterocycles. The Labute approximate surface area is 184 Å². The van der Waals surface area contributed by atoms with Crippen molar-refractivity contribution < 1.29 is 4.79 Å². The van der Waals surface area contributed by atoms with E-state index >= 15 is 0 Å². The number of hydrazone groups is 1. The van der Waals surface area contributed by atoms with Gasteiger partial charge in [0.05, 0.1) is 18.3 Å². The van der Waals surface area contributed by atoms with Gasteiger partial charge in [-0.3, -0.25) is 9.69 Å². The topological polar surface area (TPSA) is 35.9 Å². The summed E-state index contributed by atoms with van der Waals surface area (Å²) < 4.78 is 0. The van der Waals surface area contributed by atoms with Crippen LogP contribution in [0.1, 0.15) is 62.6 Å². The molecule has 2 aliphatic rings. The molecule has 1 saturated carbocycles. The van der Waals surface area contributed by atoms with Gasteiger partial charge in [0.2, 0.25) is 0 Å². The van der Waals surface area contributed by atoms with Crippen molar-refractivity contribution in [2.45, 2.75) is 57.5 Å². The standard InChI is InChI=1S/C25H30ClN3O/c1-2-28(22-11-7-4-8-12-22)18-25(30)29-24(20-13-15-21(26)16-14-20)17-23(27-29)19-9-5-3-6-10-19/h3,5-6,9-10,13-16,22,24H,2,4,7-8,11-12,17-18H2,1H3. The minimum Gasteiger partial charge on any atom is -0.292 e. The maximum absolute atomic E-state index is 13.4. The van der Waals surface area contributed by atoms with E-state index in [4.69, 9.17) is 16.7 Å². The molecule has 30 heavy (non-hydrogen) atoms. The molecule has 0 spiro atoms. The lowest BCUT2D eigenvalue weighted by atomic mass is 9.94. The van der Waals surface area contributed by atoms with Crippen LogP contribution in [0.2, 0.25) is 5.02 Å². The second kappa shape index (κ2) is 9.76. The summed E-state index contributed by atoms with van der Waals surface area (Å²) in [6, 6.07) is 18.4. The van der Waals surface area contributed by atoms with E-state index in [1.165, 1.54) is 32.1 Å². The zero-order valence-electron chi connectivity index (χ0n) is 17.6. The van der Waals surface area contributed by atoms with Crippen molar-refractivity contribution >= 4 is 23.2 Å². The summed E-state index contributed by atoms with van der Waals surface area (Å²) in [4.78, 5) is 15.8. The van der Waals surface area contributed by atoms with Crippen molar-refractivity contribution in [2.75, 3.05) is 13.1 Å². The van der Waals surface area contributed by atoms with E-state index in [1.54, 1.807) is 5.01 Å². The van der Waals surface area contributed by atoms with E-state index in [-0.39, 0.29) is 11.9 Å². The number of halogens is 1. The Morgan fingerprint density at radius 2 is 1.77 bits per heavy atom. The number of benzene rings is 2. The van der Waals surface area contributed by atoms with Gasteiger partial charge in [-0.25, -0.2) is 5.01 Å². The van der Waals surface area contributed by atoms with Crippen LogP contribution in [0, 0.1) is 0 Å². The Morgan fingerprint density at radius 3 is 2.43 bits per heavy atom. The van der Waals surface area contributed by atoms with Gasteiger partial charge in [0.15, 0.2) is 0 Å². The summed E-state index contributed by atoms with van der Waals surface area (Å²) in [6.07, 6.45) is 6.95. The molecule has 0 radical (unpaired) electrons. The summed E-state index contributed by atoms with van der Waals surface area (Å²) in [5, 5.41) is 7.23. The van der Waals surface area contributed by atoms with Crippen molar-refractivity contribution in [1.82, 2.24) is 9.91 Å². The van der Waals surface area contributed by atoms with Crippen LogP contribution in [0.5, 0.6) is 0 Å².